The predicted molar refractivity (Wildman–Crippen MR) is 73.7 cm³/mol. The number of allylic oxidation sites excluding steroid dienone is 1. The largest absolute Gasteiger partial charge is 0.481 e. The smallest absolute Gasteiger partial charge is 0.305 e. The summed E-state index contributed by atoms with van der Waals surface area (Å²) < 4.78 is 0. The minimum atomic E-state index is -0.840. The second kappa shape index (κ2) is 6.83. The van der Waals surface area contributed by atoms with Gasteiger partial charge in [-0.15, -0.1) is 6.58 Å². The molecule has 0 aliphatic carbocycles. The summed E-state index contributed by atoms with van der Waals surface area (Å²) in [6.07, 6.45) is 0.709. The average Bonchev–Trinajstić information content (AvgIpc) is 2.27. The SMILES string of the molecule is C=C(C)CC(C)C(=O)N1CCSCC1CC(=O)O. The normalized spacial score (nSPS) is 21.4. The Morgan fingerprint density at radius 2 is 2.22 bits per heavy atom. The molecule has 0 aromatic heterocycles. The van der Waals surface area contributed by atoms with Crippen LogP contribution in [0.3, 0.4) is 0 Å². The molecule has 1 heterocycles. The van der Waals surface area contributed by atoms with Gasteiger partial charge in [-0.05, 0) is 13.3 Å². The molecule has 5 heteroatoms. The number of hydrogen-bond acceptors (Lipinski definition) is 3. The van der Waals surface area contributed by atoms with Crippen molar-refractivity contribution in [3.63, 3.8) is 0 Å². The monoisotopic (exact) mass is 271 g/mol. The maximum absolute atomic E-state index is 12.3. The molecular formula is C13H21NO3S. The number of aliphatic carboxylic acids is 1. The van der Waals surface area contributed by atoms with Crippen LogP contribution in [0, 0.1) is 5.92 Å². The second-order valence-corrected chi connectivity index (χ2v) is 6.07. The Hall–Kier alpha value is -0.970. The maximum atomic E-state index is 12.3. The van der Waals surface area contributed by atoms with Crippen molar-refractivity contribution < 1.29 is 14.7 Å². The number of thioether (sulfide) groups is 1. The van der Waals surface area contributed by atoms with Gasteiger partial charge in [0.2, 0.25) is 5.91 Å². The standard InChI is InChI=1S/C13H21NO3S/c1-9(2)6-10(3)13(17)14-4-5-18-8-11(14)7-12(15)16/h10-11H,1,4-8H2,2-3H3,(H,15,16). The van der Waals surface area contributed by atoms with E-state index in [0.717, 1.165) is 17.1 Å². The van der Waals surface area contributed by atoms with E-state index in [1.54, 1.807) is 16.7 Å². The van der Waals surface area contributed by atoms with Crippen LogP contribution in [0.2, 0.25) is 0 Å². The van der Waals surface area contributed by atoms with E-state index < -0.39 is 5.97 Å². The van der Waals surface area contributed by atoms with Crippen molar-refractivity contribution in [2.45, 2.75) is 32.7 Å². The molecule has 0 aromatic carbocycles. The number of rotatable bonds is 5. The van der Waals surface area contributed by atoms with E-state index in [1.807, 2.05) is 13.8 Å². The number of carboxylic acid groups (broad SMARTS) is 1. The Morgan fingerprint density at radius 1 is 1.56 bits per heavy atom. The van der Waals surface area contributed by atoms with Gasteiger partial charge in [0.15, 0.2) is 0 Å². The van der Waals surface area contributed by atoms with Crippen molar-refractivity contribution in [3.8, 4) is 0 Å². The van der Waals surface area contributed by atoms with Gasteiger partial charge in [0, 0.05) is 24.0 Å². The molecule has 1 amide bonds. The quantitative estimate of drug-likeness (QED) is 0.777. The maximum Gasteiger partial charge on any atom is 0.305 e. The molecule has 18 heavy (non-hydrogen) atoms. The molecule has 1 rings (SSSR count). The van der Waals surface area contributed by atoms with Gasteiger partial charge in [-0.3, -0.25) is 9.59 Å². The van der Waals surface area contributed by atoms with Crippen molar-refractivity contribution in [1.29, 1.82) is 0 Å². The van der Waals surface area contributed by atoms with Crippen LogP contribution in [-0.4, -0.2) is 46.0 Å². The highest BCUT2D eigenvalue weighted by atomic mass is 32.2. The lowest BCUT2D eigenvalue weighted by Crippen LogP contribution is -2.49. The van der Waals surface area contributed by atoms with E-state index in [-0.39, 0.29) is 24.3 Å². The molecule has 1 aliphatic rings. The van der Waals surface area contributed by atoms with E-state index in [0.29, 0.717) is 13.0 Å². The van der Waals surface area contributed by atoms with Crippen LogP contribution in [0.1, 0.15) is 26.7 Å². The molecule has 0 aromatic rings. The Morgan fingerprint density at radius 3 is 2.78 bits per heavy atom. The number of amides is 1. The first-order chi connectivity index (χ1) is 8.41. The van der Waals surface area contributed by atoms with Gasteiger partial charge >= 0.3 is 5.97 Å². The Bertz CT molecular complexity index is 343. The third-order valence-corrected chi connectivity index (χ3v) is 4.09. The lowest BCUT2D eigenvalue weighted by molar-refractivity contribution is -0.141. The summed E-state index contributed by atoms with van der Waals surface area (Å²) in [5.74, 6) is 0.721. The van der Waals surface area contributed by atoms with Crippen LogP contribution in [0.25, 0.3) is 0 Å². The zero-order valence-electron chi connectivity index (χ0n) is 11.0. The molecule has 1 aliphatic heterocycles. The molecule has 2 unspecified atom stereocenters. The van der Waals surface area contributed by atoms with Gasteiger partial charge in [-0.25, -0.2) is 0 Å². The lowest BCUT2D eigenvalue weighted by atomic mass is 10.0. The predicted octanol–water partition coefficient (Wildman–Crippen LogP) is 2.01. The first-order valence-corrected chi connectivity index (χ1v) is 7.31. The van der Waals surface area contributed by atoms with Crippen molar-refractivity contribution in [2.24, 2.45) is 5.92 Å². The number of carbonyl (C=O) groups excluding carboxylic acids is 1. The minimum Gasteiger partial charge on any atom is -0.481 e. The molecule has 1 N–H and O–H groups in total. The Kier molecular flexibility index (Phi) is 5.72. The molecule has 2 atom stereocenters. The molecule has 102 valence electrons. The van der Waals surface area contributed by atoms with Crippen molar-refractivity contribution in [2.75, 3.05) is 18.1 Å². The number of hydrogen-bond donors (Lipinski definition) is 1. The van der Waals surface area contributed by atoms with Gasteiger partial charge in [-0.2, -0.15) is 11.8 Å². The van der Waals surface area contributed by atoms with Crippen molar-refractivity contribution in [3.05, 3.63) is 12.2 Å². The van der Waals surface area contributed by atoms with Gasteiger partial charge in [-0.1, -0.05) is 12.5 Å². The second-order valence-electron chi connectivity index (χ2n) is 4.92. The summed E-state index contributed by atoms with van der Waals surface area (Å²) in [4.78, 5) is 24.9. The molecule has 0 bridgehead atoms. The van der Waals surface area contributed by atoms with E-state index >= 15 is 0 Å². The summed E-state index contributed by atoms with van der Waals surface area (Å²) >= 11 is 1.72. The zero-order chi connectivity index (χ0) is 13.7. The average molecular weight is 271 g/mol. The molecule has 4 nitrogen and oxygen atoms in total. The first-order valence-electron chi connectivity index (χ1n) is 6.16. The van der Waals surface area contributed by atoms with E-state index in [4.69, 9.17) is 5.11 Å². The fourth-order valence-corrected chi connectivity index (χ4v) is 3.27. The molecular weight excluding hydrogens is 250 g/mol. The molecule has 0 saturated carbocycles. The molecule has 0 spiro atoms. The fourth-order valence-electron chi connectivity index (χ4n) is 2.21. The fraction of sp³-hybridized carbons (Fsp3) is 0.692. The van der Waals surface area contributed by atoms with Crippen LogP contribution >= 0.6 is 11.8 Å². The number of nitrogens with zero attached hydrogens (tertiary/aromatic N) is 1. The zero-order valence-corrected chi connectivity index (χ0v) is 11.8. The summed E-state index contributed by atoms with van der Waals surface area (Å²) in [6, 6.07) is -0.165. The van der Waals surface area contributed by atoms with Gasteiger partial charge in [0.25, 0.3) is 0 Å². The highest BCUT2D eigenvalue weighted by molar-refractivity contribution is 7.99. The highest BCUT2D eigenvalue weighted by Gasteiger charge is 2.31. The van der Waals surface area contributed by atoms with E-state index in [9.17, 15) is 9.59 Å². The van der Waals surface area contributed by atoms with Crippen LogP contribution in [0.15, 0.2) is 12.2 Å². The van der Waals surface area contributed by atoms with Gasteiger partial charge in [0.1, 0.15) is 0 Å². The Labute approximate surface area is 112 Å². The number of carboxylic acids is 1. The summed E-state index contributed by atoms with van der Waals surface area (Å²) in [7, 11) is 0. The minimum absolute atomic E-state index is 0.0402. The van der Waals surface area contributed by atoms with Crippen LogP contribution in [-0.2, 0) is 9.59 Å². The topological polar surface area (TPSA) is 57.6 Å². The molecule has 0 radical (unpaired) electrons. The van der Waals surface area contributed by atoms with Crippen LogP contribution in [0.4, 0.5) is 0 Å². The summed E-state index contributed by atoms with van der Waals surface area (Å²) in [6.45, 7) is 8.27. The van der Waals surface area contributed by atoms with E-state index in [2.05, 4.69) is 6.58 Å². The number of carbonyl (C=O) groups is 2. The van der Waals surface area contributed by atoms with E-state index in [1.165, 1.54) is 0 Å². The first kappa shape index (κ1) is 15.1. The van der Waals surface area contributed by atoms with Crippen LogP contribution in [0.5, 0.6) is 0 Å². The summed E-state index contributed by atoms with van der Waals surface area (Å²) in [5.41, 5.74) is 0.983. The van der Waals surface area contributed by atoms with Crippen molar-refractivity contribution >= 4 is 23.6 Å². The van der Waals surface area contributed by atoms with Crippen molar-refractivity contribution in [1.82, 2.24) is 4.90 Å². The van der Waals surface area contributed by atoms with Gasteiger partial charge in [0.05, 0.1) is 12.5 Å². The third-order valence-electron chi connectivity index (χ3n) is 3.00. The van der Waals surface area contributed by atoms with Gasteiger partial charge < -0.3 is 10.0 Å². The Balaban J connectivity index is 2.67. The lowest BCUT2D eigenvalue weighted by Gasteiger charge is -2.36. The molecule has 1 saturated heterocycles. The summed E-state index contributed by atoms with van der Waals surface area (Å²) in [5, 5.41) is 8.89. The van der Waals surface area contributed by atoms with Crippen LogP contribution < -0.4 is 0 Å². The third kappa shape index (κ3) is 4.37. The highest BCUT2D eigenvalue weighted by Crippen LogP contribution is 2.22. The molecule has 1 fully saturated rings.